The predicted octanol–water partition coefficient (Wildman–Crippen LogP) is 1.60. The van der Waals surface area contributed by atoms with Crippen molar-refractivity contribution in [2.75, 3.05) is 0 Å². The van der Waals surface area contributed by atoms with Gasteiger partial charge in [0.25, 0.3) is 0 Å². The Morgan fingerprint density at radius 3 is 2.60 bits per heavy atom. The first-order chi connectivity index (χ1) is 7.27. The van der Waals surface area contributed by atoms with Crippen LogP contribution in [-0.2, 0) is 4.79 Å². The van der Waals surface area contributed by atoms with Crippen molar-refractivity contribution in [1.29, 1.82) is 0 Å². The third kappa shape index (κ3) is 11.6. The van der Waals surface area contributed by atoms with Gasteiger partial charge in [0.15, 0.2) is 0 Å². The first-order valence-electron chi connectivity index (χ1n) is 4.23. The number of allylic oxidation sites excluding steroid dienone is 3. The molecule has 0 aliphatic carbocycles. The quantitative estimate of drug-likeness (QED) is 0.552. The summed E-state index contributed by atoms with van der Waals surface area (Å²) in [5.41, 5.74) is 0. The number of hydrogen-bond acceptors (Lipinski definition) is 1. The van der Waals surface area contributed by atoms with Gasteiger partial charge in [-0.15, -0.1) is 0 Å². The van der Waals surface area contributed by atoms with E-state index in [-0.39, 0.29) is 6.42 Å². The molecule has 0 spiro atoms. The van der Waals surface area contributed by atoms with Gasteiger partial charge in [0, 0.05) is 0 Å². The molecule has 0 aromatic rings. The van der Waals surface area contributed by atoms with Crippen LogP contribution in [0.5, 0.6) is 0 Å². The van der Waals surface area contributed by atoms with Crippen LogP contribution in [0.1, 0.15) is 13.3 Å². The van der Waals surface area contributed by atoms with Crippen LogP contribution < -0.4 is 0 Å². The highest BCUT2D eigenvalue weighted by molar-refractivity contribution is 5.68. The second-order valence-electron chi connectivity index (χ2n) is 2.28. The van der Waals surface area contributed by atoms with Crippen LogP contribution >= 0.6 is 0 Å². The van der Waals surface area contributed by atoms with Gasteiger partial charge in [0.2, 0.25) is 0 Å². The number of rotatable bonds is 3. The van der Waals surface area contributed by atoms with E-state index in [1.54, 1.807) is 25.2 Å². The van der Waals surface area contributed by atoms with Gasteiger partial charge < -0.3 is 5.11 Å². The molecular weight excluding hydrogens is 188 g/mol. The molecule has 15 heavy (non-hydrogen) atoms. The lowest BCUT2D eigenvalue weighted by Gasteiger charge is -1.79. The van der Waals surface area contributed by atoms with E-state index in [9.17, 15) is 4.79 Å². The van der Waals surface area contributed by atoms with Crippen LogP contribution in [0.4, 0.5) is 0 Å². The fourth-order valence-corrected chi connectivity index (χ4v) is 0.554. The zero-order valence-corrected chi connectivity index (χ0v) is 8.37. The van der Waals surface area contributed by atoms with E-state index in [1.807, 2.05) is 0 Å². The van der Waals surface area contributed by atoms with Gasteiger partial charge >= 0.3 is 5.97 Å². The van der Waals surface area contributed by atoms with Crippen LogP contribution in [0.2, 0.25) is 0 Å². The van der Waals surface area contributed by atoms with Crippen LogP contribution in [0.15, 0.2) is 24.3 Å². The standard InChI is InChI=1S/C13H10O2/c1-2-3-4-5-6-7-8-9-10-11-12-13(14)15/h8-11H,12H2,1H3,(H,14,15)/b9-8-,11-10+. The van der Waals surface area contributed by atoms with E-state index >= 15 is 0 Å². The van der Waals surface area contributed by atoms with E-state index < -0.39 is 5.97 Å². The first-order valence-corrected chi connectivity index (χ1v) is 4.23. The molecular formula is C13H10O2. The summed E-state index contributed by atoms with van der Waals surface area (Å²) in [4.78, 5) is 10.1. The minimum atomic E-state index is -0.852. The smallest absolute Gasteiger partial charge is 0.307 e. The average molecular weight is 198 g/mol. The number of aliphatic carboxylic acids is 1. The fourth-order valence-electron chi connectivity index (χ4n) is 0.554. The number of hydrogen-bond donors (Lipinski definition) is 1. The van der Waals surface area contributed by atoms with Crippen molar-refractivity contribution in [3.63, 3.8) is 0 Å². The Morgan fingerprint density at radius 1 is 1.20 bits per heavy atom. The second kappa shape index (κ2) is 9.72. The maximum Gasteiger partial charge on any atom is 0.307 e. The van der Waals surface area contributed by atoms with Gasteiger partial charge in [0.05, 0.1) is 6.42 Å². The molecule has 0 atom stereocenters. The van der Waals surface area contributed by atoms with Gasteiger partial charge in [-0.2, -0.15) is 0 Å². The lowest BCUT2D eigenvalue weighted by atomic mass is 10.3. The molecule has 74 valence electrons. The normalized spacial score (nSPS) is 8.33. The second-order valence-corrected chi connectivity index (χ2v) is 2.28. The molecule has 0 rings (SSSR count). The Labute approximate surface area is 89.7 Å². The maximum absolute atomic E-state index is 10.1. The summed E-state index contributed by atoms with van der Waals surface area (Å²) in [7, 11) is 0. The van der Waals surface area contributed by atoms with E-state index in [0.717, 1.165) is 0 Å². The van der Waals surface area contributed by atoms with Crippen molar-refractivity contribution in [3.05, 3.63) is 24.3 Å². The Kier molecular flexibility index (Phi) is 8.18. The van der Waals surface area contributed by atoms with Gasteiger partial charge in [-0.05, 0) is 36.7 Å². The van der Waals surface area contributed by atoms with Crippen molar-refractivity contribution < 1.29 is 9.90 Å². The summed E-state index contributed by atoms with van der Waals surface area (Å²) in [6.07, 6.45) is 6.43. The summed E-state index contributed by atoms with van der Waals surface area (Å²) in [6.45, 7) is 1.70. The molecule has 0 amide bonds. The summed E-state index contributed by atoms with van der Waals surface area (Å²) in [6, 6.07) is 0. The molecule has 0 radical (unpaired) electrons. The Balaban J connectivity index is 3.89. The van der Waals surface area contributed by atoms with Gasteiger partial charge in [-0.25, -0.2) is 0 Å². The third-order valence-electron chi connectivity index (χ3n) is 1.10. The van der Waals surface area contributed by atoms with Crippen LogP contribution in [0.3, 0.4) is 0 Å². The molecule has 0 fully saturated rings. The van der Waals surface area contributed by atoms with Crippen LogP contribution in [-0.4, -0.2) is 11.1 Å². The highest BCUT2D eigenvalue weighted by Gasteiger charge is 1.86. The highest BCUT2D eigenvalue weighted by atomic mass is 16.4. The van der Waals surface area contributed by atoms with Crippen molar-refractivity contribution >= 4 is 5.97 Å². The molecule has 1 N–H and O–H groups in total. The van der Waals surface area contributed by atoms with Crippen molar-refractivity contribution in [1.82, 2.24) is 0 Å². The molecule has 0 aliphatic heterocycles. The highest BCUT2D eigenvalue weighted by Crippen LogP contribution is 1.83. The molecule has 2 heteroatoms. The maximum atomic E-state index is 10.1. The van der Waals surface area contributed by atoms with E-state index in [0.29, 0.717) is 0 Å². The number of carboxylic acids is 1. The monoisotopic (exact) mass is 198 g/mol. The first kappa shape index (κ1) is 12.6. The molecule has 0 aromatic heterocycles. The summed E-state index contributed by atoms with van der Waals surface area (Å²) >= 11 is 0. The summed E-state index contributed by atoms with van der Waals surface area (Å²) < 4.78 is 0. The Hall–Kier alpha value is -2.37. The van der Waals surface area contributed by atoms with Crippen molar-refractivity contribution in [2.45, 2.75) is 13.3 Å². The van der Waals surface area contributed by atoms with Crippen molar-refractivity contribution in [2.24, 2.45) is 0 Å². The summed E-state index contributed by atoms with van der Waals surface area (Å²) in [5.74, 6) is 14.6. The van der Waals surface area contributed by atoms with E-state index in [1.165, 1.54) is 6.08 Å². The molecule has 0 heterocycles. The number of carbonyl (C=O) groups is 1. The van der Waals surface area contributed by atoms with Gasteiger partial charge in [-0.3, -0.25) is 4.79 Å². The molecule has 0 bridgehead atoms. The van der Waals surface area contributed by atoms with Crippen LogP contribution in [0.25, 0.3) is 0 Å². The SMILES string of the molecule is CC#CC#CC#C/C=C\C=C\CC(=O)O. The van der Waals surface area contributed by atoms with Gasteiger partial charge in [-0.1, -0.05) is 30.1 Å². The third-order valence-corrected chi connectivity index (χ3v) is 1.10. The largest absolute Gasteiger partial charge is 0.481 e. The average Bonchev–Trinajstić information content (AvgIpc) is 2.20. The lowest BCUT2D eigenvalue weighted by molar-refractivity contribution is -0.135. The fraction of sp³-hybridized carbons (Fsp3) is 0.154. The number of carboxylic acid groups (broad SMARTS) is 1. The summed E-state index contributed by atoms with van der Waals surface area (Å²) in [5, 5.41) is 8.30. The lowest BCUT2D eigenvalue weighted by Crippen LogP contribution is -1.89. The minimum Gasteiger partial charge on any atom is -0.481 e. The molecule has 0 aromatic carbocycles. The zero-order chi connectivity index (χ0) is 11.4. The minimum absolute atomic E-state index is 0.0175. The molecule has 2 nitrogen and oxygen atoms in total. The Bertz CT molecular complexity index is 434. The molecule has 0 aliphatic rings. The molecule has 0 saturated carbocycles. The zero-order valence-electron chi connectivity index (χ0n) is 8.37. The van der Waals surface area contributed by atoms with E-state index in [4.69, 9.17) is 5.11 Å². The van der Waals surface area contributed by atoms with E-state index in [2.05, 4.69) is 35.5 Å². The van der Waals surface area contributed by atoms with Crippen molar-refractivity contribution in [3.8, 4) is 35.5 Å². The Morgan fingerprint density at radius 2 is 1.93 bits per heavy atom. The molecule has 0 saturated heterocycles. The van der Waals surface area contributed by atoms with Crippen LogP contribution in [0, 0.1) is 35.5 Å². The topological polar surface area (TPSA) is 37.3 Å². The molecule has 0 unspecified atom stereocenters. The van der Waals surface area contributed by atoms with Gasteiger partial charge in [0.1, 0.15) is 0 Å². The predicted molar refractivity (Wildman–Crippen MR) is 59.5 cm³/mol.